The quantitative estimate of drug-likeness (QED) is 0.856. The Labute approximate surface area is 171 Å². The van der Waals surface area contributed by atoms with Gasteiger partial charge >= 0.3 is 0 Å². The molecule has 0 aliphatic carbocycles. The minimum Gasteiger partial charge on any atom is -0.494 e. The van der Waals surface area contributed by atoms with Crippen molar-refractivity contribution in [1.29, 1.82) is 0 Å². The number of fused-ring (bicyclic) bond motifs is 1. The number of aliphatic imine (C=N–C) groups is 1. The zero-order chi connectivity index (χ0) is 19.6. The predicted molar refractivity (Wildman–Crippen MR) is 112 cm³/mol. The van der Waals surface area contributed by atoms with Crippen molar-refractivity contribution in [2.75, 3.05) is 46.2 Å². The van der Waals surface area contributed by atoms with E-state index in [2.05, 4.69) is 22.8 Å². The van der Waals surface area contributed by atoms with E-state index >= 15 is 0 Å². The molecule has 0 saturated carbocycles. The van der Waals surface area contributed by atoms with Gasteiger partial charge in [0.2, 0.25) is 5.88 Å². The molecule has 1 atom stereocenters. The largest absolute Gasteiger partial charge is 0.494 e. The minimum absolute atomic E-state index is 0.251. The molecule has 0 radical (unpaired) electrons. The SMILES string of the molecule is Oc1c(C2=NCCCOC2)c2cc(CC3CCOC3)ccc2n1C1CCOCC1. The number of rotatable bonds is 4. The van der Waals surface area contributed by atoms with Gasteiger partial charge in [0, 0.05) is 51.0 Å². The summed E-state index contributed by atoms with van der Waals surface area (Å²) in [6.07, 6.45) is 4.90. The molecule has 6 heteroatoms. The Balaban J connectivity index is 1.60. The Morgan fingerprint density at radius 2 is 1.90 bits per heavy atom. The Morgan fingerprint density at radius 1 is 1.03 bits per heavy atom. The molecule has 29 heavy (non-hydrogen) atoms. The van der Waals surface area contributed by atoms with Gasteiger partial charge in [-0.05, 0) is 55.7 Å². The van der Waals surface area contributed by atoms with Crippen molar-refractivity contribution in [2.24, 2.45) is 10.9 Å². The van der Waals surface area contributed by atoms with E-state index in [-0.39, 0.29) is 6.04 Å². The molecule has 1 N–H and O–H groups in total. The second-order valence-electron chi connectivity index (χ2n) is 8.43. The monoisotopic (exact) mass is 398 g/mol. The van der Waals surface area contributed by atoms with Crippen molar-refractivity contribution in [3.05, 3.63) is 29.3 Å². The maximum atomic E-state index is 11.3. The van der Waals surface area contributed by atoms with Gasteiger partial charge in [0.1, 0.15) is 0 Å². The lowest BCUT2D eigenvalue weighted by Gasteiger charge is -2.25. The van der Waals surface area contributed by atoms with Gasteiger partial charge in [0.15, 0.2) is 0 Å². The van der Waals surface area contributed by atoms with Gasteiger partial charge in [0.25, 0.3) is 0 Å². The van der Waals surface area contributed by atoms with Gasteiger partial charge in [-0.2, -0.15) is 0 Å². The van der Waals surface area contributed by atoms with Crippen LogP contribution in [0.5, 0.6) is 5.88 Å². The highest BCUT2D eigenvalue weighted by molar-refractivity contribution is 6.14. The van der Waals surface area contributed by atoms with E-state index < -0.39 is 0 Å². The normalized spacial score (nSPS) is 24.0. The zero-order valence-corrected chi connectivity index (χ0v) is 16.9. The van der Waals surface area contributed by atoms with E-state index in [0.717, 1.165) is 93.9 Å². The summed E-state index contributed by atoms with van der Waals surface area (Å²) in [6.45, 7) is 5.12. The van der Waals surface area contributed by atoms with Crippen molar-refractivity contribution in [3.63, 3.8) is 0 Å². The number of nitrogens with zero attached hydrogens (tertiary/aromatic N) is 2. The molecule has 2 aromatic rings. The molecule has 2 saturated heterocycles. The third kappa shape index (κ3) is 3.81. The van der Waals surface area contributed by atoms with E-state index in [1.165, 1.54) is 5.56 Å². The lowest BCUT2D eigenvalue weighted by atomic mass is 9.96. The van der Waals surface area contributed by atoms with Crippen LogP contribution in [0.3, 0.4) is 0 Å². The summed E-state index contributed by atoms with van der Waals surface area (Å²) >= 11 is 0. The van der Waals surface area contributed by atoms with Gasteiger partial charge in [-0.25, -0.2) is 0 Å². The van der Waals surface area contributed by atoms with Crippen molar-refractivity contribution >= 4 is 16.6 Å². The van der Waals surface area contributed by atoms with Gasteiger partial charge in [0.05, 0.1) is 23.4 Å². The molecule has 0 spiro atoms. The van der Waals surface area contributed by atoms with Crippen LogP contribution in [-0.2, 0) is 20.6 Å². The van der Waals surface area contributed by atoms with Gasteiger partial charge in [-0.3, -0.25) is 4.99 Å². The van der Waals surface area contributed by atoms with E-state index in [0.29, 0.717) is 18.4 Å². The topological polar surface area (TPSA) is 65.2 Å². The first-order valence-corrected chi connectivity index (χ1v) is 10.9. The fourth-order valence-electron chi connectivity index (χ4n) is 4.90. The molecule has 1 aromatic heterocycles. The molecule has 6 nitrogen and oxygen atoms in total. The first-order chi connectivity index (χ1) is 14.3. The predicted octanol–water partition coefficient (Wildman–Crippen LogP) is 3.49. The fraction of sp³-hybridized carbons (Fsp3) is 0.609. The lowest BCUT2D eigenvalue weighted by Crippen LogP contribution is -2.19. The number of hydrogen-bond acceptors (Lipinski definition) is 5. The number of aromatic nitrogens is 1. The minimum atomic E-state index is 0.251. The highest BCUT2D eigenvalue weighted by Gasteiger charge is 2.27. The number of aromatic hydroxyl groups is 1. The average Bonchev–Trinajstić information content (AvgIpc) is 3.25. The highest BCUT2D eigenvalue weighted by Crippen LogP contribution is 2.39. The Bertz CT molecular complexity index is 892. The van der Waals surface area contributed by atoms with Crippen LogP contribution in [0.1, 0.15) is 42.9 Å². The van der Waals surface area contributed by atoms with Crippen molar-refractivity contribution < 1.29 is 19.3 Å². The maximum absolute atomic E-state index is 11.3. The molecule has 3 aliphatic rings. The third-order valence-corrected chi connectivity index (χ3v) is 6.42. The Morgan fingerprint density at radius 3 is 2.72 bits per heavy atom. The second kappa shape index (κ2) is 8.46. The standard InChI is InChI=1S/C23H30N2O4/c26-23-22(20-15-28-8-1-7-24-20)19-13-16(12-17-4-9-29-14-17)2-3-21(19)25(23)18-5-10-27-11-6-18/h2-3,13,17-18,26H,1,4-12,14-15H2. The summed E-state index contributed by atoms with van der Waals surface area (Å²) in [5, 5.41) is 12.4. The van der Waals surface area contributed by atoms with Gasteiger partial charge in [-0.1, -0.05) is 6.07 Å². The summed E-state index contributed by atoms with van der Waals surface area (Å²) in [4.78, 5) is 4.77. The molecule has 1 unspecified atom stereocenters. The molecular formula is C23H30N2O4. The first-order valence-electron chi connectivity index (χ1n) is 10.9. The summed E-state index contributed by atoms with van der Waals surface area (Å²) in [6, 6.07) is 6.90. The Kier molecular flexibility index (Phi) is 5.57. The van der Waals surface area contributed by atoms with Crippen LogP contribution in [0.15, 0.2) is 23.2 Å². The zero-order valence-electron chi connectivity index (χ0n) is 16.9. The van der Waals surface area contributed by atoms with Crippen LogP contribution in [0, 0.1) is 5.92 Å². The molecule has 2 fully saturated rings. The van der Waals surface area contributed by atoms with E-state index in [1.54, 1.807) is 0 Å². The van der Waals surface area contributed by atoms with Crippen LogP contribution in [-0.4, -0.2) is 61.6 Å². The molecular weight excluding hydrogens is 368 g/mol. The first kappa shape index (κ1) is 19.1. The number of hydrogen-bond donors (Lipinski definition) is 1. The van der Waals surface area contributed by atoms with E-state index in [1.807, 2.05) is 0 Å². The van der Waals surface area contributed by atoms with Crippen LogP contribution in [0.25, 0.3) is 10.9 Å². The molecule has 5 rings (SSSR count). The highest BCUT2D eigenvalue weighted by atomic mass is 16.5. The summed E-state index contributed by atoms with van der Waals surface area (Å²) in [5.74, 6) is 0.915. The third-order valence-electron chi connectivity index (χ3n) is 6.42. The summed E-state index contributed by atoms with van der Waals surface area (Å²) < 4.78 is 19.0. The number of ether oxygens (including phenoxy) is 3. The number of benzene rings is 1. The smallest absolute Gasteiger partial charge is 0.201 e. The second-order valence-corrected chi connectivity index (χ2v) is 8.43. The van der Waals surface area contributed by atoms with Gasteiger partial charge in [-0.15, -0.1) is 0 Å². The molecule has 1 aromatic carbocycles. The summed E-state index contributed by atoms with van der Waals surface area (Å²) in [7, 11) is 0. The molecule has 4 heterocycles. The molecule has 0 bridgehead atoms. The lowest BCUT2D eigenvalue weighted by molar-refractivity contribution is 0.0688. The van der Waals surface area contributed by atoms with Crippen molar-refractivity contribution in [1.82, 2.24) is 4.57 Å². The van der Waals surface area contributed by atoms with Crippen LogP contribution in [0.2, 0.25) is 0 Å². The molecule has 156 valence electrons. The van der Waals surface area contributed by atoms with E-state index in [4.69, 9.17) is 19.2 Å². The van der Waals surface area contributed by atoms with Crippen molar-refractivity contribution in [3.8, 4) is 5.88 Å². The van der Waals surface area contributed by atoms with Crippen LogP contribution in [0.4, 0.5) is 0 Å². The maximum Gasteiger partial charge on any atom is 0.201 e. The van der Waals surface area contributed by atoms with E-state index in [9.17, 15) is 5.11 Å². The molecule has 3 aliphatic heterocycles. The average molecular weight is 399 g/mol. The fourth-order valence-corrected chi connectivity index (χ4v) is 4.90. The van der Waals surface area contributed by atoms with Crippen LogP contribution >= 0.6 is 0 Å². The summed E-state index contributed by atoms with van der Waals surface area (Å²) in [5.41, 5.74) is 4.12. The van der Waals surface area contributed by atoms with Crippen LogP contribution < -0.4 is 0 Å². The van der Waals surface area contributed by atoms with Gasteiger partial charge < -0.3 is 23.9 Å². The van der Waals surface area contributed by atoms with Crippen molar-refractivity contribution in [2.45, 2.75) is 38.1 Å². The molecule has 0 amide bonds. The Hall–Kier alpha value is -1.89.